The summed E-state index contributed by atoms with van der Waals surface area (Å²) in [5.74, 6) is 1.72. The fraction of sp³-hybridized carbons (Fsp3) is 0.727. The van der Waals surface area contributed by atoms with Gasteiger partial charge >= 0.3 is 0 Å². The molecule has 0 unspecified atom stereocenters. The van der Waals surface area contributed by atoms with E-state index in [1.54, 1.807) is 4.52 Å². The van der Waals surface area contributed by atoms with E-state index in [9.17, 15) is 8.42 Å². The van der Waals surface area contributed by atoms with E-state index in [-0.39, 0.29) is 5.92 Å². The van der Waals surface area contributed by atoms with Gasteiger partial charge in [0.1, 0.15) is 5.01 Å². The third-order valence-electron chi connectivity index (χ3n) is 3.36. The molecule has 2 aromatic rings. The number of aryl methyl sites for hydroxylation is 1. The third-order valence-corrected chi connectivity index (χ3v) is 6.12. The monoisotopic (exact) mass is 300 g/mol. The molecule has 0 radical (unpaired) electrons. The lowest BCUT2D eigenvalue weighted by atomic mass is 10.1. The average Bonchev–Trinajstić information content (AvgIpc) is 2.97. The highest BCUT2D eigenvalue weighted by molar-refractivity contribution is 7.91. The van der Waals surface area contributed by atoms with Crippen LogP contribution < -0.4 is 0 Å². The van der Waals surface area contributed by atoms with E-state index in [0.29, 0.717) is 11.5 Å². The normalized spacial score (nSPS) is 22.3. The highest BCUT2D eigenvalue weighted by atomic mass is 32.2. The van der Waals surface area contributed by atoms with E-state index in [2.05, 4.69) is 22.2 Å². The molecule has 0 saturated carbocycles. The van der Waals surface area contributed by atoms with E-state index >= 15 is 0 Å². The van der Waals surface area contributed by atoms with Gasteiger partial charge in [-0.05, 0) is 18.8 Å². The van der Waals surface area contributed by atoms with Crippen LogP contribution in [0.25, 0.3) is 4.96 Å². The van der Waals surface area contributed by atoms with E-state index in [4.69, 9.17) is 0 Å². The number of hydrogen-bond donors (Lipinski definition) is 0. The lowest BCUT2D eigenvalue weighted by Gasteiger charge is -2.02. The van der Waals surface area contributed by atoms with Crippen molar-refractivity contribution in [3.05, 3.63) is 10.8 Å². The van der Waals surface area contributed by atoms with E-state index in [0.717, 1.165) is 41.5 Å². The highest BCUT2D eigenvalue weighted by Gasteiger charge is 2.29. The summed E-state index contributed by atoms with van der Waals surface area (Å²) in [4.78, 5) is 0.805. The van der Waals surface area contributed by atoms with Crippen molar-refractivity contribution < 1.29 is 8.42 Å². The zero-order chi connectivity index (χ0) is 13.5. The maximum atomic E-state index is 11.4. The number of hydrogen-bond acceptors (Lipinski definition) is 6. The number of aromatic nitrogens is 4. The lowest BCUT2D eigenvalue weighted by Crippen LogP contribution is -2.07. The molecule has 2 aromatic heterocycles. The summed E-state index contributed by atoms with van der Waals surface area (Å²) in [7, 11) is -2.81. The molecule has 1 saturated heterocycles. The van der Waals surface area contributed by atoms with Gasteiger partial charge in [0, 0.05) is 12.8 Å². The fourth-order valence-electron chi connectivity index (χ4n) is 2.44. The molecular weight excluding hydrogens is 284 g/mol. The molecule has 6 nitrogen and oxygen atoms in total. The number of fused-ring (bicyclic) bond motifs is 1. The first-order chi connectivity index (χ1) is 9.07. The predicted octanol–water partition coefficient (Wildman–Crippen LogP) is 1.12. The maximum absolute atomic E-state index is 11.4. The smallest absolute Gasteiger partial charge is 0.229 e. The highest BCUT2D eigenvalue weighted by Crippen LogP contribution is 2.25. The van der Waals surface area contributed by atoms with Crippen LogP contribution in [0.15, 0.2) is 0 Å². The van der Waals surface area contributed by atoms with Gasteiger partial charge in [-0.1, -0.05) is 18.3 Å². The van der Waals surface area contributed by atoms with Gasteiger partial charge in [0.05, 0.1) is 11.5 Å². The quantitative estimate of drug-likeness (QED) is 0.845. The molecule has 1 aliphatic heterocycles. The van der Waals surface area contributed by atoms with Gasteiger partial charge in [-0.3, -0.25) is 0 Å². The Labute approximate surface area is 115 Å². The van der Waals surface area contributed by atoms with Gasteiger partial charge < -0.3 is 0 Å². The molecule has 0 aromatic carbocycles. The second kappa shape index (κ2) is 4.82. The van der Waals surface area contributed by atoms with Crippen molar-refractivity contribution in [1.29, 1.82) is 0 Å². The van der Waals surface area contributed by atoms with Crippen molar-refractivity contribution in [3.8, 4) is 0 Å². The second-order valence-corrected chi connectivity index (χ2v) is 8.30. The Balaban J connectivity index is 1.78. The molecule has 0 amide bonds. The van der Waals surface area contributed by atoms with Gasteiger partial charge in [0.25, 0.3) is 0 Å². The van der Waals surface area contributed by atoms with Crippen LogP contribution in [-0.4, -0.2) is 39.7 Å². The number of nitrogens with zero attached hydrogens (tertiary/aromatic N) is 4. The third kappa shape index (κ3) is 2.64. The average molecular weight is 300 g/mol. The summed E-state index contributed by atoms with van der Waals surface area (Å²) < 4.78 is 24.7. The Morgan fingerprint density at radius 1 is 1.42 bits per heavy atom. The van der Waals surface area contributed by atoms with E-state index in [1.807, 2.05) is 0 Å². The largest absolute Gasteiger partial charge is 0.234 e. The van der Waals surface area contributed by atoms with Crippen LogP contribution in [0.1, 0.15) is 30.6 Å². The van der Waals surface area contributed by atoms with Gasteiger partial charge in [-0.15, -0.1) is 10.2 Å². The molecule has 8 heteroatoms. The van der Waals surface area contributed by atoms with Crippen molar-refractivity contribution in [1.82, 2.24) is 19.8 Å². The number of sulfone groups is 1. The Bertz CT molecular complexity index is 689. The molecule has 19 heavy (non-hydrogen) atoms. The topological polar surface area (TPSA) is 77.2 Å². The second-order valence-electron chi connectivity index (χ2n) is 5.03. The standard InChI is InChI=1S/C11H16N4O2S2/c1-2-3-9-12-13-11-15(9)14-10(18-11)6-8-4-5-19(16,17)7-8/h8H,2-7H2,1H3/t8-/m0/s1. The molecule has 0 spiro atoms. The summed E-state index contributed by atoms with van der Waals surface area (Å²) >= 11 is 1.51. The minimum absolute atomic E-state index is 0.212. The van der Waals surface area contributed by atoms with E-state index < -0.39 is 9.84 Å². The van der Waals surface area contributed by atoms with Crippen molar-refractivity contribution in [2.45, 2.75) is 32.6 Å². The van der Waals surface area contributed by atoms with Crippen LogP contribution in [0.3, 0.4) is 0 Å². The van der Waals surface area contributed by atoms with Crippen LogP contribution in [0.5, 0.6) is 0 Å². The zero-order valence-electron chi connectivity index (χ0n) is 10.7. The van der Waals surface area contributed by atoms with Gasteiger partial charge in [0.15, 0.2) is 15.7 Å². The first kappa shape index (κ1) is 13.0. The maximum Gasteiger partial charge on any atom is 0.234 e. The van der Waals surface area contributed by atoms with Crippen molar-refractivity contribution in [2.75, 3.05) is 11.5 Å². The van der Waals surface area contributed by atoms with E-state index in [1.165, 1.54) is 11.3 Å². The Morgan fingerprint density at radius 2 is 2.26 bits per heavy atom. The first-order valence-corrected chi connectivity index (χ1v) is 9.11. The molecule has 0 aliphatic carbocycles. The summed E-state index contributed by atoms with van der Waals surface area (Å²) in [5.41, 5.74) is 0. The SMILES string of the molecule is CCCc1nnc2sc(C[C@@H]3CCS(=O)(=O)C3)nn12. The van der Waals surface area contributed by atoms with Crippen LogP contribution in [0.2, 0.25) is 0 Å². The molecule has 104 valence electrons. The fourth-order valence-corrected chi connectivity index (χ4v) is 5.27. The van der Waals surface area contributed by atoms with Crippen LogP contribution in [-0.2, 0) is 22.7 Å². The lowest BCUT2D eigenvalue weighted by molar-refractivity contribution is 0.577. The summed E-state index contributed by atoms with van der Waals surface area (Å²) in [6.07, 6.45) is 3.36. The Hall–Kier alpha value is -1.02. The summed E-state index contributed by atoms with van der Waals surface area (Å²) in [5, 5.41) is 13.7. The van der Waals surface area contributed by atoms with Crippen LogP contribution in [0.4, 0.5) is 0 Å². The molecule has 1 aliphatic rings. The minimum atomic E-state index is -2.81. The summed E-state index contributed by atoms with van der Waals surface area (Å²) in [6, 6.07) is 0. The van der Waals surface area contributed by atoms with Gasteiger partial charge in [-0.25, -0.2) is 8.42 Å². The molecule has 1 fully saturated rings. The molecule has 3 heterocycles. The zero-order valence-corrected chi connectivity index (χ0v) is 12.4. The summed E-state index contributed by atoms with van der Waals surface area (Å²) in [6.45, 7) is 2.09. The Kier molecular flexibility index (Phi) is 3.30. The molecule has 0 bridgehead atoms. The van der Waals surface area contributed by atoms with Gasteiger partial charge in [-0.2, -0.15) is 9.61 Å². The van der Waals surface area contributed by atoms with Crippen LogP contribution >= 0.6 is 11.3 Å². The molecule has 3 rings (SSSR count). The van der Waals surface area contributed by atoms with Gasteiger partial charge in [0.2, 0.25) is 4.96 Å². The van der Waals surface area contributed by atoms with Crippen molar-refractivity contribution in [3.63, 3.8) is 0 Å². The molecular formula is C11H16N4O2S2. The number of rotatable bonds is 4. The van der Waals surface area contributed by atoms with Crippen LogP contribution in [0, 0.1) is 5.92 Å². The van der Waals surface area contributed by atoms with Crippen molar-refractivity contribution >= 4 is 26.1 Å². The van der Waals surface area contributed by atoms with Crippen molar-refractivity contribution in [2.24, 2.45) is 5.92 Å². The predicted molar refractivity (Wildman–Crippen MR) is 73.1 cm³/mol. The minimum Gasteiger partial charge on any atom is -0.229 e. The molecule has 1 atom stereocenters. The first-order valence-electron chi connectivity index (χ1n) is 6.48. The Morgan fingerprint density at radius 3 is 2.95 bits per heavy atom. The molecule has 0 N–H and O–H groups in total.